The maximum absolute atomic E-state index is 10.7. The van der Waals surface area contributed by atoms with Crippen LogP contribution in [0.15, 0.2) is 30.5 Å². The van der Waals surface area contributed by atoms with E-state index in [1.54, 1.807) is 6.07 Å². The zero-order chi connectivity index (χ0) is 10.1. The van der Waals surface area contributed by atoms with Gasteiger partial charge in [-0.1, -0.05) is 24.3 Å². The molecule has 1 aromatic heterocycles. The first-order valence-electron chi connectivity index (χ1n) is 4.06. The Balaban J connectivity index is 2.81. The zero-order valence-electron chi connectivity index (χ0n) is 7.27. The molecule has 3 N–H and O–H groups in total. The minimum absolute atomic E-state index is 0.0938. The summed E-state index contributed by atoms with van der Waals surface area (Å²) in [5.41, 5.74) is 5.80. The third-order valence-electron chi connectivity index (χ3n) is 2.04. The van der Waals surface area contributed by atoms with Crippen molar-refractivity contribution in [2.75, 3.05) is 5.73 Å². The van der Waals surface area contributed by atoms with Gasteiger partial charge in [0.15, 0.2) is 5.69 Å². The number of aromatic nitrogens is 1. The first-order chi connectivity index (χ1) is 6.70. The summed E-state index contributed by atoms with van der Waals surface area (Å²) in [7, 11) is 0. The van der Waals surface area contributed by atoms with Gasteiger partial charge in [-0.25, -0.2) is 9.78 Å². The lowest BCUT2D eigenvalue weighted by molar-refractivity contribution is 0.0692. The van der Waals surface area contributed by atoms with Crippen molar-refractivity contribution in [2.24, 2.45) is 0 Å². The molecule has 0 bridgehead atoms. The second-order valence-electron chi connectivity index (χ2n) is 2.91. The van der Waals surface area contributed by atoms with Crippen LogP contribution in [0.4, 0.5) is 5.69 Å². The third-order valence-corrected chi connectivity index (χ3v) is 2.04. The van der Waals surface area contributed by atoms with Gasteiger partial charge in [0, 0.05) is 17.0 Å². The van der Waals surface area contributed by atoms with Crippen molar-refractivity contribution in [2.45, 2.75) is 0 Å². The fourth-order valence-electron chi connectivity index (χ4n) is 1.36. The number of anilines is 1. The summed E-state index contributed by atoms with van der Waals surface area (Å²) in [6.45, 7) is 0. The number of carbonyl (C=O) groups is 1. The van der Waals surface area contributed by atoms with E-state index in [4.69, 9.17) is 10.8 Å². The Labute approximate surface area is 80.0 Å². The van der Waals surface area contributed by atoms with E-state index >= 15 is 0 Å². The van der Waals surface area contributed by atoms with Crippen LogP contribution < -0.4 is 5.73 Å². The normalized spacial score (nSPS) is 10.3. The van der Waals surface area contributed by atoms with Crippen LogP contribution in [0.5, 0.6) is 0 Å². The molecule has 4 heteroatoms. The maximum atomic E-state index is 10.7. The molecule has 2 rings (SSSR count). The summed E-state index contributed by atoms with van der Waals surface area (Å²) in [6, 6.07) is 7.28. The molecule has 1 aromatic carbocycles. The average molecular weight is 188 g/mol. The number of carboxylic acid groups (broad SMARTS) is 1. The first-order valence-corrected chi connectivity index (χ1v) is 4.06. The van der Waals surface area contributed by atoms with Gasteiger partial charge in [-0.2, -0.15) is 0 Å². The van der Waals surface area contributed by atoms with Gasteiger partial charge in [0.05, 0.1) is 5.69 Å². The van der Waals surface area contributed by atoms with Gasteiger partial charge in [0.25, 0.3) is 0 Å². The molecule has 0 unspecified atom stereocenters. The molecular weight excluding hydrogens is 180 g/mol. The van der Waals surface area contributed by atoms with Gasteiger partial charge in [-0.3, -0.25) is 0 Å². The predicted octanol–water partition coefficient (Wildman–Crippen LogP) is 1.52. The predicted molar refractivity (Wildman–Crippen MR) is 53.1 cm³/mol. The molecular formula is C10H8N2O2. The summed E-state index contributed by atoms with van der Waals surface area (Å²) < 4.78 is 0. The number of nitrogens with two attached hydrogens (primary N) is 1. The lowest BCUT2D eigenvalue weighted by atomic mass is 10.1. The van der Waals surface area contributed by atoms with E-state index in [0.29, 0.717) is 0 Å². The number of nitrogens with zero attached hydrogens (tertiary/aromatic N) is 1. The van der Waals surface area contributed by atoms with Gasteiger partial charge < -0.3 is 10.8 Å². The van der Waals surface area contributed by atoms with Gasteiger partial charge in [-0.15, -0.1) is 0 Å². The molecule has 0 aliphatic carbocycles. The third kappa shape index (κ3) is 1.17. The van der Waals surface area contributed by atoms with Crippen LogP contribution in [0.3, 0.4) is 0 Å². The minimum atomic E-state index is -1.10. The molecule has 0 fully saturated rings. The highest BCUT2D eigenvalue weighted by molar-refractivity contribution is 6.02. The number of carboxylic acids is 1. The van der Waals surface area contributed by atoms with Crippen molar-refractivity contribution in [1.29, 1.82) is 0 Å². The van der Waals surface area contributed by atoms with Gasteiger partial charge in [-0.05, 0) is 0 Å². The lowest BCUT2D eigenvalue weighted by Gasteiger charge is -2.03. The summed E-state index contributed by atoms with van der Waals surface area (Å²) in [5, 5.41) is 10.3. The second kappa shape index (κ2) is 2.99. The van der Waals surface area contributed by atoms with Gasteiger partial charge in [0.2, 0.25) is 0 Å². The molecule has 1 heterocycles. The van der Waals surface area contributed by atoms with Crippen LogP contribution in [-0.4, -0.2) is 16.1 Å². The van der Waals surface area contributed by atoms with E-state index in [-0.39, 0.29) is 11.4 Å². The van der Waals surface area contributed by atoms with Gasteiger partial charge >= 0.3 is 5.97 Å². The molecule has 14 heavy (non-hydrogen) atoms. The van der Waals surface area contributed by atoms with Gasteiger partial charge in [0.1, 0.15) is 0 Å². The number of aromatic carboxylic acids is 1. The maximum Gasteiger partial charge on any atom is 0.356 e. The van der Waals surface area contributed by atoms with Crippen LogP contribution in [0.2, 0.25) is 0 Å². The largest absolute Gasteiger partial charge is 0.476 e. The van der Waals surface area contributed by atoms with Crippen LogP contribution in [0, 0.1) is 0 Å². The highest BCUT2D eigenvalue weighted by Crippen LogP contribution is 2.22. The summed E-state index contributed by atoms with van der Waals surface area (Å²) in [4.78, 5) is 14.5. The Morgan fingerprint density at radius 2 is 2.07 bits per heavy atom. The molecule has 0 aliphatic rings. The van der Waals surface area contributed by atoms with E-state index in [9.17, 15) is 4.79 Å². The Morgan fingerprint density at radius 3 is 2.79 bits per heavy atom. The van der Waals surface area contributed by atoms with Crippen molar-refractivity contribution in [3.63, 3.8) is 0 Å². The fraction of sp³-hybridized carbons (Fsp3) is 0. The zero-order valence-corrected chi connectivity index (χ0v) is 7.27. The topological polar surface area (TPSA) is 76.2 Å². The van der Waals surface area contributed by atoms with E-state index in [1.807, 2.05) is 18.2 Å². The van der Waals surface area contributed by atoms with Crippen LogP contribution in [-0.2, 0) is 0 Å². The number of fused-ring (bicyclic) bond motifs is 1. The highest BCUT2D eigenvalue weighted by Gasteiger charge is 2.11. The summed E-state index contributed by atoms with van der Waals surface area (Å²) >= 11 is 0. The number of nitrogen functional groups attached to an aromatic ring is 1. The number of rotatable bonds is 1. The molecule has 70 valence electrons. The van der Waals surface area contributed by atoms with Crippen molar-refractivity contribution in [1.82, 2.24) is 4.98 Å². The Bertz CT molecular complexity index is 508. The molecule has 2 aromatic rings. The fourth-order valence-corrected chi connectivity index (χ4v) is 1.36. The van der Waals surface area contributed by atoms with Crippen molar-refractivity contribution >= 4 is 22.4 Å². The standard InChI is InChI=1S/C10H8N2O2/c11-8-7-4-2-1-3-6(7)5-12-9(8)10(13)14/h1-5H,11H2,(H,13,14). The molecule has 0 spiro atoms. The van der Waals surface area contributed by atoms with Crippen molar-refractivity contribution < 1.29 is 9.90 Å². The van der Waals surface area contributed by atoms with Crippen molar-refractivity contribution in [3.8, 4) is 0 Å². The number of hydrogen-bond donors (Lipinski definition) is 2. The quantitative estimate of drug-likeness (QED) is 0.711. The monoisotopic (exact) mass is 188 g/mol. The van der Waals surface area contributed by atoms with Crippen molar-refractivity contribution in [3.05, 3.63) is 36.2 Å². The molecule has 0 amide bonds. The molecule has 0 saturated heterocycles. The molecule has 0 saturated carbocycles. The second-order valence-corrected chi connectivity index (χ2v) is 2.91. The van der Waals surface area contributed by atoms with Crippen LogP contribution in [0.1, 0.15) is 10.5 Å². The Hall–Kier alpha value is -2.10. The highest BCUT2D eigenvalue weighted by atomic mass is 16.4. The lowest BCUT2D eigenvalue weighted by Crippen LogP contribution is -2.05. The average Bonchev–Trinajstić information content (AvgIpc) is 2.18. The number of pyridine rings is 1. The van der Waals surface area contributed by atoms with Crippen LogP contribution >= 0.6 is 0 Å². The van der Waals surface area contributed by atoms with Crippen LogP contribution in [0.25, 0.3) is 10.8 Å². The smallest absolute Gasteiger partial charge is 0.356 e. The number of benzene rings is 1. The molecule has 0 aliphatic heterocycles. The van der Waals surface area contributed by atoms with E-state index in [0.717, 1.165) is 10.8 Å². The van der Waals surface area contributed by atoms with E-state index in [1.165, 1.54) is 6.20 Å². The Morgan fingerprint density at radius 1 is 1.36 bits per heavy atom. The number of hydrogen-bond acceptors (Lipinski definition) is 3. The molecule has 0 atom stereocenters. The molecule has 0 radical (unpaired) electrons. The SMILES string of the molecule is Nc1c(C(=O)O)ncc2ccccc12. The Kier molecular flexibility index (Phi) is 1.81. The minimum Gasteiger partial charge on any atom is -0.476 e. The summed E-state index contributed by atoms with van der Waals surface area (Å²) in [5.74, 6) is -1.10. The van der Waals surface area contributed by atoms with E-state index in [2.05, 4.69) is 4.98 Å². The molecule has 4 nitrogen and oxygen atoms in total. The summed E-state index contributed by atoms with van der Waals surface area (Å²) in [6.07, 6.45) is 1.51. The first kappa shape index (κ1) is 8.50. The van der Waals surface area contributed by atoms with E-state index < -0.39 is 5.97 Å².